The molecule has 10 heavy (non-hydrogen) atoms. The summed E-state index contributed by atoms with van der Waals surface area (Å²) in [5.74, 6) is 0. The van der Waals surface area contributed by atoms with E-state index in [0.29, 0.717) is 0 Å². The van der Waals surface area contributed by atoms with Gasteiger partial charge in [-0.3, -0.25) is 10.1 Å². The van der Waals surface area contributed by atoms with Crippen molar-refractivity contribution in [2.75, 3.05) is 13.6 Å². The predicted octanol–water partition coefficient (Wildman–Crippen LogP) is 0.519. The maximum Gasteiger partial charge on any atom is 0.271 e. The summed E-state index contributed by atoms with van der Waals surface area (Å²) in [6, 6.07) is 0. The Labute approximate surface area is 60.0 Å². The zero-order chi connectivity index (χ0) is 7.56. The predicted molar refractivity (Wildman–Crippen MR) is 36.9 cm³/mol. The Morgan fingerprint density at radius 2 is 2.50 bits per heavy atom. The summed E-state index contributed by atoms with van der Waals surface area (Å²) in [5, 5.41) is 10.3. The normalized spacial score (nSPS) is 28.3. The monoisotopic (exact) mass is 143 g/mol. The molecule has 1 atom stereocenters. The van der Waals surface area contributed by atoms with E-state index in [-0.39, 0.29) is 4.92 Å². The molecule has 0 aliphatic carbocycles. The molecule has 0 saturated carbocycles. The van der Waals surface area contributed by atoms with Crippen LogP contribution in [0.3, 0.4) is 0 Å². The molecule has 4 nitrogen and oxygen atoms in total. The second-order valence-corrected chi connectivity index (χ2v) is 2.56. The summed E-state index contributed by atoms with van der Waals surface area (Å²) >= 11 is 0. The summed E-state index contributed by atoms with van der Waals surface area (Å²) in [4.78, 5) is 11.8. The Morgan fingerprint density at radius 1 is 1.80 bits per heavy atom. The molecule has 1 aliphatic rings. The minimum atomic E-state index is -0.547. The van der Waals surface area contributed by atoms with Crippen molar-refractivity contribution in [2.24, 2.45) is 0 Å². The first-order chi connectivity index (χ1) is 4.72. The van der Waals surface area contributed by atoms with Crippen molar-refractivity contribution in [3.05, 3.63) is 16.5 Å². The Bertz CT molecular complexity index is 138. The Hall–Kier alpha value is -0.640. The van der Waals surface area contributed by atoms with E-state index in [1.807, 2.05) is 0 Å². The van der Waals surface area contributed by atoms with Crippen LogP contribution in [0, 0.1) is 16.5 Å². The maximum atomic E-state index is 10.3. The van der Waals surface area contributed by atoms with E-state index in [4.69, 9.17) is 0 Å². The summed E-state index contributed by atoms with van der Waals surface area (Å²) in [6.07, 6.45) is 3.12. The van der Waals surface area contributed by atoms with Gasteiger partial charge in [-0.2, -0.15) is 0 Å². The van der Waals surface area contributed by atoms with Crippen LogP contribution >= 0.6 is 0 Å². The van der Waals surface area contributed by atoms with Gasteiger partial charge in [0.1, 0.15) is 0 Å². The average molecular weight is 143 g/mol. The smallest absolute Gasteiger partial charge is 0.263 e. The number of nitro groups is 1. The third-order valence-corrected chi connectivity index (χ3v) is 1.76. The lowest BCUT2D eigenvalue weighted by molar-refractivity contribution is -0.541. The van der Waals surface area contributed by atoms with Crippen molar-refractivity contribution in [1.29, 1.82) is 0 Å². The van der Waals surface area contributed by atoms with Gasteiger partial charge in [-0.1, -0.05) is 0 Å². The lowest BCUT2D eigenvalue weighted by Gasteiger charge is -2.24. The van der Waals surface area contributed by atoms with E-state index in [1.165, 1.54) is 0 Å². The Morgan fingerprint density at radius 3 is 2.90 bits per heavy atom. The molecule has 0 N–H and O–H groups in total. The second-order valence-electron chi connectivity index (χ2n) is 2.56. The van der Waals surface area contributed by atoms with Crippen LogP contribution in [0.15, 0.2) is 0 Å². The van der Waals surface area contributed by atoms with Crippen LogP contribution in [0.4, 0.5) is 0 Å². The van der Waals surface area contributed by atoms with Crippen LogP contribution in [0.5, 0.6) is 0 Å². The van der Waals surface area contributed by atoms with Gasteiger partial charge in [-0.05, 0) is 19.9 Å². The molecule has 1 fully saturated rings. The SMILES string of the molecule is CN1CCC[CH]C1[N+](=O)[O-]. The van der Waals surface area contributed by atoms with Crippen LogP contribution < -0.4 is 0 Å². The van der Waals surface area contributed by atoms with Gasteiger partial charge < -0.3 is 0 Å². The van der Waals surface area contributed by atoms with Crippen LogP contribution in [0.2, 0.25) is 0 Å². The molecule has 1 heterocycles. The fourth-order valence-corrected chi connectivity index (χ4v) is 1.17. The fourth-order valence-electron chi connectivity index (χ4n) is 1.17. The molecule has 4 heteroatoms. The van der Waals surface area contributed by atoms with Crippen LogP contribution in [-0.2, 0) is 0 Å². The number of hydrogen-bond acceptors (Lipinski definition) is 3. The molecule has 0 spiro atoms. The Kier molecular flexibility index (Phi) is 2.21. The first kappa shape index (κ1) is 7.47. The number of rotatable bonds is 1. The molecule has 0 aromatic rings. The highest BCUT2D eigenvalue weighted by atomic mass is 16.6. The highest BCUT2D eigenvalue weighted by Crippen LogP contribution is 2.13. The molecule has 0 aromatic heterocycles. The van der Waals surface area contributed by atoms with Crippen LogP contribution in [-0.4, -0.2) is 29.6 Å². The van der Waals surface area contributed by atoms with Gasteiger partial charge >= 0.3 is 0 Å². The molecule has 0 aromatic carbocycles. The second kappa shape index (κ2) is 2.96. The molecule has 0 amide bonds. The third kappa shape index (κ3) is 1.44. The molecule has 1 radical (unpaired) electrons. The molecular formula is C6H11N2O2. The highest BCUT2D eigenvalue weighted by molar-refractivity contribution is 4.80. The van der Waals surface area contributed by atoms with Gasteiger partial charge in [0.25, 0.3) is 6.17 Å². The summed E-state index contributed by atoms with van der Waals surface area (Å²) < 4.78 is 0. The minimum Gasteiger partial charge on any atom is -0.263 e. The molecule has 1 rings (SSSR count). The van der Waals surface area contributed by atoms with Crippen molar-refractivity contribution in [3.8, 4) is 0 Å². The zero-order valence-corrected chi connectivity index (χ0v) is 5.99. The summed E-state index contributed by atoms with van der Waals surface area (Å²) in [5.41, 5.74) is 0. The number of nitrogens with zero attached hydrogens (tertiary/aromatic N) is 2. The summed E-state index contributed by atoms with van der Waals surface area (Å²) in [6.45, 7) is 0.835. The largest absolute Gasteiger partial charge is 0.271 e. The van der Waals surface area contributed by atoms with Gasteiger partial charge in [0.05, 0.1) is 6.42 Å². The van der Waals surface area contributed by atoms with Crippen molar-refractivity contribution in [2.45, 2.75) is 19.0 Å². The van der Waals surface area contributed by atoms with Crippen molar-refractivity contribution in [3.63, 3.8) is 0 Å². The molecule has 0 bridgehead atoms. The molecule has 1 aliphatic heterocycles. The third-order valence-electron chi connectivity index (χ3n) is 1.76. The van der Waals surface area contributed by atoms with E-state index < -0.39 is 6.17 Å². The van der Waals surface area contributed by atoms with E-state index >= 15 is 0 Å². The summed E-state index contributed by atoms with van der Waals surface area (Å²) in [7, 11) is 1.78. The first-order valence-electron chi connectivity index (χ1n) is 3.39. The topological polar surface area (TPSA) is 46.4 Å². The van der Waals surface area contributed by atoms with Crippen molar-refractivity contribution < 1.29 is 4.92 Å². The van der Waals surface area contributed by atoms with Crippen LogP contribution in [0.1, 0.15) is 12.8 Å². The van der Waals surface area contributed by atoms with Gasteiger partial charge in [0, 0.05) is 11.5 Å². The average Bonchev–Trinajstić information content (AvgIpc) is 1.88. The van der Waals surface area contributed by atoms with Crippen LogP contribution in [0.25, 0.3) is 0 Å². The van der Waals surface area contributed by atoms with Gasteiger partial charge in [-0.15, -0.1) is 0 Å². The van der Waals surface area contributed by atoms with Crippen molar-refractivity contribution in [1.82, 2.24) is 4.90 Å². The van der Waals surface area contributed by atoms with Crippen molar-refractivity contribution >= 4 is 0 Å². The zero-order valence-electron chi connectivity index (χ0n) is 5.99. The van der Waals surface area contributed by atoms with Gasteiger partial charge in [0.15, 0.2) is 0 Å². The molecular weight excluding hydrogens is 132 g/mol. The first-order valence-corrected chi connectivity index (χ1v) is 3.39. The quantitative estimate of drug-likeness (QED) is 0.397. The maximum absolute atomic E-state index is 10.3. The highest BCUT2D eigenvalue weighted by Gasteiger charge is 2.28. The van der Waals surface area contributed by atoms with E-state index in [1.54, 1.807) is 18.4 Å². The van der Waals surface area contributed by atoms with E-state index in [0.717, 1.165) is 19.4 Å². The lowest BCUT2D eigenvalue weighted by Crippen LogP contribution is -2.41. The fraction of sp³-hybridized carbons (Fsp3) is 0.833. The van der Waals surface area contributed by atoms with E-state index in [2.05, 4.69) is 0 Å². The lowest BCUT2D eigenvalue weighted by atomic mass is 10.1. The van der Waals surface area contributed by atoms with E-state index in [9.17, 15) is 10.1 Å². The molecule has 1 unspecified atom stereocenters. The van der Waals surface area contributed by atoms with Gasteiger partial charge in [-0.25, -0.2) is 4.90 Å². The number of likely N-dealkylation sites (tertiary alicyclic amines) is 1. The minimum absolute atomic E-state index is 0.251. The molecule has 1 saturated heterocycles. The number of hydrogen-bond donors (Lipinski definition) is 0. The standard InChI is InChI=1S/C6H11N2O2/c1-7-5-3-2-4-6(7)8(9)10/h4,6H,2-3,5H2,1H3. The number of piperidine rings is 1. The van der Waals surface area contributed by atoms with Gasteiger partial charge in [0.2, 0.25) is 0 Å². The Balaban J connectivity index is 2.47. The molecule has 57 valence electrons.